The van der Waals surface area contributed by atoms with Crippen molar-refractivity contribution < 1.29 is 24.2 Å². The van der Waals surface area contributed by atoms with Crippen molar-refractivity contribution in [2.24, 2.45) is 0 Å². The molecule has 1 unspecified atom stereocenters. The van der Waals surface area contributed by atoms with Gasteiger partial charge in [0.15, 0.2) is 0 Å². The van der Waals surface area contributed by atoms with Crippen LogP contribution in [0, 0.1) is 0 Å². The highest BCUT2D eigenvalue weighted by Gasteiger charge is 2.24. The van der Waals surface area contributed by atoms with Gasteiger partial charge in [0.25, 0.3) is 0 Å². The minimum atomic E-state index is -0.578. The van der Waals surface area contributed by atoms with Gasteiger partial charge in [-0.2, -0.15) is 0 Å². The Morgan fingerprint density at radius 3 is 2.33 bits per heavy atom. The third kappa shape index (κ3) is 6.29. The average molecular weight is 294 g/mol. The van der Waals surface area contributed by atoms with Gasteiger partial charge in [-0.05, 0) is 38.5 Å². The van der Waals surface area contributed by atoms with Crippen LogP contribution >= 0.6 is 0 Å². The molecule has 0 heterocycles. The number of methoxy groups -OCH3 is 1. The van der Waals surface area contributed by atoms with Crippen molar-refractivity contribution in [3.8, 4) is 5.75 Å². The highest BCUT2D eigenvalue weighted by Crippen LogP contribution is 2.27. The summed E-state index contributed by atoms with van der Waals surface area (Å²) in [6.45, 7) is 5.36. The molecule has 0 aliphatic carbocycles. The standard InChI is InChI=1S/C16H22O5/c1-16(2,3)21-15(19)10-12(9-14(18)20-4)11-6-5-7-13(17)8-11/h5-8,12,17H,9-10H2,1-4H3. The van der Waals surface area contributed by atoms with Crippen molar-refractivity contribution >= 4 is 11.9 Å². The summed E-state index contributed by atoms with van der Waals surface area (Å²) >= 11 is 0. The summed E-state index contributed by atoms with van der Waals surface area (Å²) in [4.78, 5) is 23.5. The van der Waals surface area contributed by atoms with Gasteiger partial charge in [0.2, 0.25) is 0 Å². The lowest BCUT2D eigenvalue weighted by Gasteiger charge is -2.22. The maximum absolute atomic E-state index is 12.0. The zero-order chi connectivity index (χ0) is 16.0. The molecule has 5 heteroatoms. The van der Waals surface area contributed by atoms with Gasteiger partial charge in [-0.1, -0.05) is 12.1 Å². The van der Waals surface area contributed by atoms with Crippen LogP contribution in [0.15, 0.2) is 24.3 Å². The zero-order valence-electron chi connectivity index (χ0n) is 12.9. The molecule has 1 atom stereocenters. The Morgan fingerprint density at radius 2 is 1.81 bits per heavy atom. The fourth-order valence-corrected chi connectivity index (χ4v) is 1.96. The smallest absolute Gasteiger partial charge is 0.306 e. The Labute approximate surface area is 124 Å². The molecule has 1 N–H and O–H groups in total. The SMILES string of the molecule is COC(=O)CC(CC(=O)OC(C)(C)C)c1cccc(O)c1. The van der Waals surface area contributed by atoms with Crippen LogP contribution in [-0.4, -0.2) is 29.8 Å². The number of rotatable bonds is 5. The number of carbonyl (C=O) groups is 2. The quantitative estimate of drug-likeness (QED) is 0.845. The van der Waals surface area contributed by atoms with E-state index < -0.39 is 11.6 Å². The fourth-order valence-electron chi connectivity index (χ4n) is 1.96. The van der Waals surface area contributed by atoms with E-state index in [1.807, 2.05) is 0 Å². The second kappa shape index (κ2) is 7.11. The number of esters is 2. The molecule has 1 aromatic carbocycles. The molecule has 0 aliphatic rings. The molecule has 1 aromatic rings. The topological polar surface area (TPSA) is 72.8 Å². The number of hydrogen-bond donors (Lipinski definition) is 1. The fraction of sp³-hybridized carbons (Fsp3) is 0.500. The number of carbonyl (C=O) groups excluding carboxylic acids is 2. The number of aromatic hydroxyl groups is 1. The van der Waals surface area contributed by atoms with Crippen molar-refractivity contribution in [1.29, 1.82) is 0 Å². The van der Waals surface area contributed by atoms with Crippen LogP contribution < -0.4 is 0 Å². The van der Waals surface area contributed by atoms with Crippen LogP contribution in [-0.2, 0) is 19.1 Å². The molecular weight excluding hydrogens is 272 g/mol. The second-order valence-corrected chi connectivity index (χ2v) is 5.86. The van der Waals surface area contributed by atoms with Crippen molar-refractivity contribution in [1.82, 2.24) is 0 Å². The van der Waals surface area contributed by atoms with Gasteiger partial charge in [-0.15, -0.1) is 0 Å². The maximum Gasteiger partial charge on any atom is 0.306 e. The highest BCUT2D eigenvalue weighted by molar-refractivity contribution is 5.75. The first-order chi connectivity index (χ1) is 9.71. The largest absolute Gasteiger partial charge is 0.508 e. The molecule has 116 valence electrons. The van der Waals surface area contributed by atoms with E-state index in [0.717, 1.165) is 0 Å². The van der Waals surface area contributed by atoms with E-state index in [1.54, 1.807) is 32.9 Å². The molecule has 0 aliphatic heterocycles. The first-order valence-electron chi connectivity index (χ1n) is 6.79. The van der Waals surface area contributed by atoms with E-state index in [-0.39, 0.29) is 30.5 Å². The molecule has 1 rings (SSSR count). The Bertz CT molecular complexity index is 502. The molecule has 5 nitrogen and oxygen atoms in total. The molecule has 0 amide bonds. The molecular formula is C16H22O5. The number of phenols is 1. The Balaban J connectivity index is 2.87. The number of hydrogen-bond acceptors (Lipinski definition) is 5. The molecule has 0 radical (unpaired) electrons. The summed E-state index contributed by atoms with van der Waals surface area (Å²) in [5.74, 6) is -1.10. The van der Waals surface area contributed by atoms with Gasteiger partial charge in [0, 0.05) is 5.92 Å². The minimum Gasteiger partial charge on any atom is -0.508 e. The minimum absolute atomic E-state index is 0.0514. The van der Waals surface area contributed by atoms with Crippen molar-refractivity contribution in [2.75, 3.05) is 7.11 Å². The average Bonchev–Trinajstić information content (AvgIpc) is 2.35. The normalized spacial score (nSPS) is 12.6. The summed E-state index contributed by atoms with van der Waals surface area (Å²) in [5.41, 5.74) is 0.123. The van der Waals surface area contributed by atoms with Crippen molar-refractivity contribution in [3.63, 3.8) is 0 Å². The summed E-state index contributed by atoms with van der Waals surface area (Å²) in [7, 11) is 1.30. The van der Waals surface area contributed by atoms with Gasteiger partial charge in [-0.3, -0.25) is 9.59 Å². The lowest BCUT2D eigenvalue weighted by atomic mass is 9.92. The summed E-state index contributed by atoms with van der Waals surface area (Å²) in [6, 6.07) is 6.51. The summed E-state index contributed by atoms with van der Waals surface area (Å²) in [5, 5.41) is 9.54. The zero-order valence-corrected chi connectivity index (χ0v) is 12.9. The monoisotopic (exact) mass is 294 g/mol. The van der Waals surface area contributed by atoms with Gasteiger partial charge in [0.05, 0.1) is 20.0 Å². The first kappa shape index (κ1) is 17.0. The Hall–Kier alpha value is -2.04. The van der Waals surface area contributed by atoms with Crippen LogP contribution in [0.1, 0.15) is 45.1 Å². The van der Waals surface area contributed by atoms with E-state index in [1.165, 1.54) is 19.2 Å². The van der Waals surface area contributed by atoms with Crippen LogP contribution in [0.3, 0.4) is 0 Å². The Morgan fingerprint density at radius 1 is 1.19 bits per heavy atom. The highest BCUT2D eigenvalue weighted by atomic mass is 16.6. The number of ether oxygens (including phenoxy) is 2. The number of benzene rings is 1. The molecule has 0 bridgehead atoms. The molecule has 21 heavy (non-hydrogen) atoms. The summed E-state index contributed by atoms with van der Waals surface area (Å²) in [6.07, 6.45) is 0.106. The van der Waals surface area contributed by atoms with Crippen LogP contribution in [0.5, 0.6) is 5.75 Å². The van der Waals surface area contributed by atoms with Gasteiger partial charge >= 0.3 is 11.9 Å². The van der Waals surface area contributed by atoms with Crippen LogP contribution in [0.4, 0.5) is 0 Å². The number of phenolic OH excluding ortho intramolecular Hbond substituents is 1. The third-order valence-electron chi connectivity index (χ3n) is 2.82. The van der Waals surface area contributed by atoms with E-state index in [2.05, 4.69) is 4.74 Å². The third-order valence-corrected chi connectivity index (χ3v) is 2.82. The predicted octanol–water partition coefficient (Wildman–Crippen LogP) is 2.77. The van der Waals surface area contributed by atoms with Crippen LogP contribution in [0.25, 0.3) is 0 Å². The molecule has 0 spiro atoms. The first-order valence-corrected chi connectivity index (χ1v) is 6.79. The predicted molar refractivity (Wildman–Crippen MR) is 77.9 cm³/mol. The van der Waals surface area contributed by atoms with Crippen molar-refractivity contribution in [3.05, 3.63) is 29.8 Å². The molecule has 0 aromatic heterocycles. The molecule has 0 saturated heterocycles. The maximum atomic E-state index is 12.0. The van der Waals surface area contributed by atoms with Gasteiger partial charge in [-0.25, -0.2) is 0 Å². The van der Waals surface area contributed by atoms with E-state index in [9.17, 15) is 14.7 Å². The van der Waals surface area contributed by atoms with E-state index in [0.29, 0.717) is 5.56 Å². The summed E-state index contributed by atoms with van der Waals surface area (Å²) < 4.78 is 9.94. The van der Waals surface area contributed by atoms with Crippen LogP contribution in [0.2, 0.25) is 0 Å². The second-order valence-electron chi connectivity index (χ2n) is 5.86. The molecule has 0 saturated carbocycles. The van der Waals surface area contributed by atoms with E-state index >= 15 is 0 Å². The lowest BCUT2D eigenvalue weighted by molar-refractivity contribution is -0.155. The van der Waals surface area contributed by atoms with Gasteiger partial charge < -0.3 is 14.6 Å². The molecule has 0 fully saturated rings. The lowest BCUT2D eigenvalue weighted by Crippen LogP contribution is -2.25. The van der Waals surface area contributed by atoms with Crippen molar-refractivity contribution in [2.45, 2.75) is 45.1 Å². The Kier molecular flexibility index (Phi) is 5.76. The van der Waals surface area contributed by atoms with E-state index in [4.69, 9.17) is 4.74 Å². The van der Waals surface area contributed by atoms with Gasteiger partial charge in [0.1, 0.15) is 11.4 Å².